The molecule has 0 aliphatic carbocycles. The minimum absolute atomic E-state index is 0.0428. The number of halogens is 1. The van der Waals surface area contributed by atoms with Gasteiger partial charge >= 0.3 is 0 Å². The van der Waals surface area contributed by atoms with E-state index in [1.807, 2.05) is 48.7 Å². The van der Waals surface area contributed by atoms with Crippen molar-refractivity contribution in [1.82, 2.24) is 15.2 Å². The first-order valence-corrected chi connectivity index (χ1v) is 8.48. The van der Waals surface area contributed by atoms with Gasteiger partial charge in [0.1, 0.15) is 5.82 Å². The van der Waals surface area contributed by atoms with Crippen LogP contribution in [0.5, 0.6) is 0 Å². The molecule has 24 heavy (non-hydrogen) atoms. The standard InChI is InChI=1S/C18H21ClN4O/c19-16-5-3-4-15(12-16)13-21-18(24)14-22-8-10-23(11-9-22)17-6-1-2-7-20-17/h1-7,12H,8-11,13-14H2,(H,21,24). The molecular weight excluding hydrogens is 324 g/mol. The van der Waals surface area contributed by atoms with Crippen molar-refractivity contribution in [2.24, 2.45) is 0 Å². The normalized spacial score (nSPS) is 15.3. The van der Waals surface area contributed by atoms with E-state index in [0.717, 1.165) is 37.6 Å². The van der Waals surface area contributed by atoms with Gasteiger partial charge in [0.05, 0.1) is 6.54 Å². The van der Waals surface area contributed by atoms with Crippen LogP contribution in [0.2, 0.25) is 5.02 Å². The average Bonchev–Trinajstić information content (AvgIpc) is 2.61. The Labute approximate surface area is 147 Å². The summed E-state index contributed by atoms with van der Waals surface area (Å²) in [6.07, 6.45) is 1.81. The number of nitrogens with zero attached hydrogens (tertiary/aromatic N) is 3. The first-order valence-electron chi connectivity index (χ1n) is 8.10. The summed E-state index contributed by atoms with van der Waals surface area (Å²) in [5, 5.41) is 3.64. The summed E-state index contributed by atoms with van der Waals surface area (Å²) in [5.74, 6) is 1.05. The molecule has 0 spiro atoms. The van der Waals surface area contributed by atoms with E-state index in [2.05, 4.69) is 20.1 Å². The number of pyridine rings is 1. The van der Waals surface area contributed by atoms with Gasteiger partial charge in [-0.3, -0.25) is 9.69 Å². The Balaban J connectivity index is 1.42. The number of anilines is 1. The number of hydrogen-bond acceptors (Lipinski definition) is 4. The highest BCUT2D eigenvalue weighted by Gasteiger charge is 2.19. The molecule has 1 amide bonds. The van der Waals surface area contributed by atoms with Crippen LogP contribution < -0.4 is 10.2 Å². The summed E-state index contributed by atoms with van der Waals surface area (Å²) in [6, 6.07) is 13.5. The molecule has 0 saturated carbocycles. The molecule has 1 aromatic carbocycles. The van der Waals surface area contributed by atoms with Gasteiger partial charge in [0.2, 0.25) is 5.91 Å². The Morgan fingerprint density at radius 3 is 2.67 bits per heavy atom. The maximum atomic E-state index is 12.1. The van der Waals surface area contributed by atoms with E-state index in [-0.39, 0.29) is 5.91 Å². The summed E-state index contributed by atoms with van der Waals surface area (Å²) in [5.41, 5.74) is 1.01. The molecule has 1 aliphatic rings. The molecule has 0 radical (unpaired) electrons. The monoisotopic (exact) mass is 344 g/mol. The third-order valence-corrected chi connectivity index (χ3v) is 4.33. The van der Waals surface area contributed by atoms with Crippen molar-refractivity contribution in [1.29, 1.82) is 0 Å². The molecule has 1 N–H and O–H groups in total. The molecule has 3 rings (SSSR count). The van der Waals surface area contributed by atoms with E-state index >= 15 is 0 Å². The van der Waals surface area contributed by atoms with Gasteiger partial charge in [0.25, 0.3) is 0 Å². The molecular formula is C18H21ClN4O. The van der Waals surface area contributed by atoms with Crippen LogP contribution in [0.1, 0.15) is 5.56 Å². The second kappa shape index (κ2) is 8.13. The number of amides is 1. The molecule has 5 nitrogen and oxygen atoms in total. The van der Waals surface area contributed by atoms with E-state index < -0.39 is 0 Å². The van der Waals surface area contributed by atoms with Gasteiger partial charge in [0, 0.05) is 43.9 Å². The first kappa shape index (κ1) is 16.7. The number of piperazine rings is 1. The SMILES string of the molecule is O=C(CN1CCN(c2ccccn2)CC1)NCc1cccc(Cl)c1. The molecule has 0 unspecified atom stereocenters. The number of carbonyl (C=O) groups is 1. The van der Waals surface area contributed by atoms with Gasteiger partial charge < -0.3 is 10.2 Å². The number of hydrogen-bond donors (Lipinski definition) is 1. The van der Waals surface area contributed by atoms with Crippen molar-refractivity contribution >= 4 is 23.3 Å². The minimum atomic E-state index is 0.0428. The zero-order valence-corrected chi connectivity index (χ0v) is 14.2. The Morgan fingerprint density at radius 1 is 1.12 bits per heavy atom. The topological polar surface area (TPSA) is 48.5 Å². The predicted molar refractivity (Wildman–Crippen MR) is 96.2 cm³/mol. The van der Waals surface area contributed by atoms with Crippen LogP contribution in [0, 0.1) is 0 Å². The fourth-order valence-corrected chi connectivity index (χ4v) is 3.00. The van der Waals surface area contributed by atoms with Crippen molar-refractivity contribution in [3.63, 3.8) is 0 Å². The average molecular weight is 345 g/mol. The molecule has 1 saturated heterocycles. The lowest BCUT2D eigenvalue weighted by molar-refractivity contribution is -0.122. The number of nitrogens with one attached hydrogen (secondary N) is 1. The highest BCUT2D eigenvalue weighted by atomic mass is 35.5. The molecule has 1 aliphatic heterocycles. The van der Waals surface area contributed by atoms with Crippen LogP contribution in [-0.2, 0) is 11.3 Å². The van der Waals surface area contributed by atoms with Gasteiger partial charge in [0.15, 0.2) is 0 Å². The van der Waals surface area contributed by atoms with Crippen molar-refractivity contribution in [3.05, 3.63) is 59.2 Å². The van der Waals surface area contributed by atoms with E-state index in [1.165, 1.54) is 0 Å². The van der Waals surface area contributed by atoms with Crippen molar-refractivity contribution in [2.75, 3.05) is 37.6 Å². The van der Waals surface area contributed by atoms with Gasteiger partial charge in [-0.2, -0.15) is 0 Å². The predicted octanol–water partition coefficient (Wildman–Crippen LogP) is 2.17. The van der Waals surface area contributed by atoms with Crippen molar-refractivity contribution in [3.8, 4) is 0 Å². The zero-order chi connectivity index (χ0) is 16.8. The summed E-state index contributed by atoms with van der Waals surface area (Å²) in [6.45, 7) is 4.43. The second-order valence-electron chi connectivity index (χ2n) is 5.86. The molecule has 6 heteroatoms. The van der Waals surface area contributed by atoms with Crippen LogP contribution in [0.25, 0.3) is 0 Å². The van der Waals surface area contributed by atoms with E-state index in [1.54, 1.807) is 0 Å². The lowest BCUT2D eigenvalue weighted by Crippen LogP contribution is -2.49. The maximum absolute atomic E-state index is 12.1. The molecule has 1 aromatic heterocycles. The molecule has 126 valence electrons. The summed E-state index contributed by atoms with van der Waals surface area (Å²) < 4.78 is 0. The zero-order valence-electron chi connectivity index (χ0n) is 13.5. The lowest BCUT2D eigenvalue weighted by atomic mass is 10.2. The molecule has 2 aromatic rings. The number of carbonyl (C=O) groups excluding carboxylic acids is 1. The summed E-state index contributed by atoms with van der Waals surface area (Å²) >= 11 is 5.95. The van der Waals surface area contributed by atoms with Crippen molar-refractivity contribution < 1.29 is 4.79 Å². The highest BCUT2D eigenvalue weighted by Crippen LogP contribution is 2.12. The Hall–Kier alpha value is -2.11. The fraction of sp³-hybridized carbons (Fsp3) is 0.333. The van der Waals surface area contributed by atoms with Crippen LogP contribution in [0.15, 0.2) is 48.7 Å². The first-order chi connectivity index (χ1) is 11.7. The number of benzene rings is 1. The molecule has 0 bridgehead atoms. The Morgan fingerprint density at radius 2 is 1.96 bits per heavy atom. The lowest BCUT2D eigenvalue weighted by Gasteiger charge is -2.34. The van der Waals surface area contributed by atoms with Crippen LogP contribution >= 0.6 is 11.6 Å². The Bertz CT molecular complexity index is 672. The third-order valence-electron chi connectivity index (χ3n) is 4.09. The smallest absolute Gasteiger partial charge is 0.234 e. The van der Waals surface area contributed by atoms with Gasteiger partial charge in [-0.25, -0.2) is 4.98 Å². The number of aromatic nitrogens is 1. The highest BCUT2D eigenvalue weighted by molar-refractivity contribution is 6.30. The van der Waals surface area contributed by atoms with Gasteiger partial charge in [-0.1, -0.05) is 29.8 Å². The fourth-order valence-electron chi connectivity index (χ4n) is 2.78. The van der Waals surface area contributed by atoms with Gasteiger partial charge in [-0.15, -0.1) is 0 Å². The molecule has 0 atom stereocenters. The molecule has 2 heterocycles. The molecule has 1 fully saturated rings. The third kappa shape index (κ3) is 4.69. The van der Waals surface area contributed by atoms with Crippen LogP contribution in [0.3, 0.4) is 0 Å². The minimum Gasteiger partial charge on any atom is -0.354 e. The number of rotatable bonds is 5. The second-order valence-corrected chi connectivity index (χ2v) is 6.29. The Kier molecular flexibility index (Phi) is 5.67. The largest absolute Gasteiger partial charge is 0.354 e. The van der Waals surface area contributed by atoms with Crippen LogP contribution in [0.4, 0.5) is 5.82 Å². The summed E-state index contributed by atoms with van der Waals surface area (Å²) in [4.78, 5) is 20.9. The maximum Gasteiger partial charge on any atom is 0.234 e. The van der Waals surface area contributed by atoms with Crippen molar-refractivity contribution in [2.45, 2.75) is 6.54 Å². The van der Waals surface area contributed by atoms with E-state index in [9.17, 15) is 4.79 Å². The van der Waals surface area contributed by atoms with E-state index in [0.29, 0.717) is 18.1 Å². The van der Waals surface area contributed by atoms with Crippen LogP contribution in [-0.4, -0.2) is 48.5 Å². The summed E-state index contributed by atoms with van der Waals surface area (Å²) in [7, 11) is 0. The van der Waals surface area contributed by atoms with Gasteiger partial charge in [-0.05, 0) is 29.8 Å². The van der Waals surface area contributed by atoms with E-state index in [4.69, 9.17) is 11.6 Å². The quantitative estimate of drug-likeness (QED) is 0.903.